The summed E-state index contributed by atoms with van der Waals surface area (Å²) in [5, 5.41) is 0. The summed E-state index contributed by atoms with van der Waals surface area (Å²) < 4.78 is 32.6. The Bertz CT molecular complexity index is 456. The van der Waals surface area contributed by atoms with E-state index < -0.39 is 21.8 Å². The molecule has 1 amide bonds. The van der Waals surface area contributed by atoms with Crippen LogP contribution < -0.4 is 10.5 Å². The molecule has 1 rings (SSSR count). The van der Waals surface area contributed by atoms with Crippen molar-refractivity contribution < 1.29 is 17.9 Å². The van der Waals surface area contributed by atoms with Gasteiger partial charge in [-0.05, 0) is 45.4 Å². The highest BCUT2D eigenvalue weighted by atomic mass is 32.2. The molecule has 1 saturated carbocycles. The highest BCUT2D eigenvalue weighted by Crippen LogP contribution is 2.36. The molecule has 0 aromatic rings. The van der Waals surface area contributed by atoms with Gasteiger partial charge in [0.15, 0.2) is 0 Å². The molecule has 1 fully saturated rings. The van der Waals surface area contributed by atoms with E-state index in [0.717, 1.165) is 12.8 Å². The van der Waals surface area contributed by atoms with Crippen LogP contribution in [0, 0.1) is 5.92 Å². The van der Waals surface area contributed by atoms with Crippen LogP contribution in [0.15, 0.2) is 0 Å². The van der Waals surface area contributed by atoms with Crippen molar-refractivity contribution in [3.63, 3.8) is 0 Å². The lowest BCUT2D eigenvalue weighted by atomic mass is 9.77. The maximum atomic E-state index is 12.3. The molecule has 0 aromatic carbocycles. The summed E-state index contributed by atoms with van der Waals surface area (Å²) in [5.41, 5.74) is 5.21. The molecule has 0 saturated heterocycles. The van der Waals surface area contributed by atoms with E-state index in [2.05, 4.69) is 6.92 Å². The van der Waals surface area contributed by atoms with E-state index in [-0.39, 0.29) is 12.6 Å². The lowest BCUT2D eigenvalue weighted by molar-refractivity contribution is 0.116. The molecule has 0 heterocycles. The molecule has 124 valence electrons. The van der Waals surface area contributed by atoms with Crippen LogP contribution in [0.5, 0.6) is 0 Å². The van der Waals surface area contributed by atoms with Crippen LogP contribution in [0.2, 0.25) is 0 Å². The zero-order valence-corrected chi connectivity index (χ0v) is 14.1. The van der Waals surface area contributed by atoms with Gasteiger partial charge in [-0.3, -0.25) is 0 Å². The topological polar surface area (TPSA) is 102 Å². The van der Waals surface area contributed by atoms with Gasteiger partial charge in [0.2, 0.25) is 0 Å². The zero-order valence-electron chi connectivity index (χ0n) is 13.3. The maximum absolute atomic E-state index is 12.3. The van der Waals surface area contributed by atoms with Crippen LogP contribution in [0.1, 0.15) is 46.5 Å². The van der Waals surface area contributed by atoms with Crippen molar-refractivity contribution in [2.75, 3.05) is 13.6 Å². The quantitative estimate of drug-likeness (QED) is 0.792. The molecule has 0 spiro atoms. The lowest BCUT2D eigenvalue weighted by Gasteiger charge is -2.44. The van der Waals surface area contributed by atoms with Gasteiger partial charge < -0.3 is 10.5 Å². The normalized spacial score (nSPS) is 26.9. The van der Waals surface area contributed by atoms with E-state index in [4.69, 9.17) is 10.5 Å². The molecule has 0 aliphatic heterocycles. The SMILES string of the molecule is CC1CCC(CN)(N(C)S(=O)(=O)NC(=O)OC(C)C)CC1. The number of hydrogen-bond acceptors (Lipinski definition) is 5. The van der Waals surface area contributed by atoms with Crippen LogP contribution in [0.4, 0.5) is 4.79 Å². The van der Waals surface area contributed by atoms with Crippen molar-refractivity contribution in [2.45, 2.75) is 58.1 Å². The number of rotatable bonds is 5. The van der Waals surface area contributed by atoms with Gasteiger partial charge in [0, 0.05) is 19.1 Å². The molecular weight excluding hydrogens is 294 g/mol. The van der Waals surface area contributed by atoms with Crippen molar-refractivity contribution in [2.24, 2.45) is 11.7 Å². The smallest absolute Gasteiger partial charge is 0.422 e. The van der Waals surface area contributed by atoms with Crippen molar-refractivity contribution in [3.8, 4) is 0 Å². The second-order valence-corrected chi connectivity index (χ2v) is 7.84. The number of ether oxygens (including phenoxy) is 1. The van der Waals surface area contributed by atoms with Crippen LogP contribution in [0.25, 0.3) is 0 Å². The van der Waals surface area contributed by atoms with Gasteiger partial charge >= 0.3 is 16.3 Å². The van der Waals surface area contributed by atoms with Gasteiger partial charge in [0.1, 0.15) is 0 Å². The first kappa shape index (κ1) is 18.2. The van der Waals surface area contributed by atoms with Gasteiger partial charge in [0.25, 0.3) is 0 Å². The van der Waals surface area contributed by atoms with Crippen molar-refractivity contribution in [3.05, 3.63) is 0 Å². The highest BCUT2D eigenvalue weighted by Gasteiger charge is 2.42. The van der Waals surface area contributed by atoms with Gasteiger partial charge in [-0.25, -0.2) is 9.52 Å². The van der Waals surface area contributed by atoms with Crippen molar-refractivity contribution in [1.82, 2.24) is 9.03 Å². The van der Waals surface area contributed by atoms with Gasteiger partial charge in [-0.15, -0.1) is 0 Å². The Kier molecular flexibility index (Phi) is 6.01. The molecule has 21 heavy (non-hydrogen) atoms. The van der Waals surface area contributed by atoms with Gasteiger partial charge in [-0.1, -0.05) is 6.92 Å². The molecule has 0 bridgehead atoms. The minimum Gasteiger partial charge on any atom is -0.446 e. The molecule has 0 radical (unpaired) electrons. The molecule has 0 unspecified atom stereocenters. The number of nitrogens with two attached hydrogens (primary N) is 1. The first-order valence-corrected chi connectivity index (χ1v) is 8.74. The largest absolute Gasteiger partial charge is 0.446 e. The summed E-state index contributed by atoms with van der Waals surface area (Å²) in [6, 6.07) is 0. The predicted molar refractivity (Wildman–Crippen MR) is 80.9 cm³/mol. The summed E-state index contributed by atoms with van der Waals surface area (Å²) in [6.07, 6.45) is 1.89. The molecule has 1 aliphatic carbocycles. The average molecular weight is 321 g/mol. The summed E-state index contributed by atoms with van der Waals surface area (Å²) in [6.45, 7) is 5.68. The molecule has 8 heteroatoms. The number of hydrogen-bond donors (Lipinski definition) is 2. The molecule has 0 aromatic heterocycles. The number of nitrogens with zero attached hydrogens (tertiary/aromatic N) is 1. The van der Waals surface area contributed by atoms with E-state index >= 15 is 0 Å². The van der Waals surface area contributed by atoms with Crippen LogP contribution >= 0.6 is 0 Å². The van der Waals surface area contributed by atoms with Crippen LogP contribution in [0.3, 0.4) is 0 Å². The minimum absolute atomic E-state index is 0.232. The molecule has 0 atom stereocenters. The van der Waals surface area contributed by atoms with Crippen molar-refractivity contribution in [1.29, 1.82) is 0 Å². The minimum atomic E-state index is -3.96. The van der Waals surface area contributed by atoms with Crippen molar-refractivity contribution >= 4 is 16.3 Å². The summed E-state index contributed by atoms with van der Waals surface area (Å²) in [5.74, 6) is 0.569. The second-order valence-electron chi connectivity index (χ2n) is 6.14. The second kappa shape index (κ2) is 6.93. The van der Waals surface area contributed by atoms with E-state index in [1.165, 1.54) is 11.4 Å². The molecule has 3 N–H and O–H groups in total. The zero-order chi connectivity index (χ0) is 16.3. The fraction of sp³-hybridized carbons (Fsp3) is 0.923. The number of carbonyl (C=O) groups excluding carboxylic acids is 1. The third kappa shape index (κ3) is 4.55. The maximum Gasteiger partial charge on any atom is 0.422 e. The standard InChI is InChI=1S/C13H27N3O4S/c1-10(2)20-12(17)15-21(18,19)16(4)13(9-14)7-5-11(3)6-8-13/h10-11H,5-9,14H2,1-4H3,(H,15,17). The highest BCUT2D eigenvalue weighted by molar-refractivity contribution is 7.87. The first-order chi connectivity index (χ1) is 9.63. The fourth-order valence-corrected chi connectivity index (χ4v) is 3.78. The van der Waals surface area contributed by atoms with Crippen LogP contribution in [-0.2, 0) is 14.9 Å². The van der Waals surface area contributed by atoms with E-state index in [9.17, 15) is 13.2 Å². The van der Waals surface area contributed by atoms with Crippen LogP contribution in [-0.4, -0.2) is 44.1 Å². The van der Waals surface area contributed by atoms with Gasteiger partial charge in [0.05, 0.1) is 6.10 Å². The Balaban J connectivity index is 2.83. The Morgan fingerprint density at radius 3 is 2.38 bits per heavy atom. The van der Waals surface area contributed by atoms with E-state index in [1.54, 1.807) is 13.8 Å². The number of nitrogens with one attached hydrogen (secondary N) is 1. The monoisotopic (exact) mass is 321 g/mol. The fourth-order valence-electron chi connectivity index (χ4n) is 2.61. The first-order valence-electron chi connectivity index (χ1n) is 7.30. The summed E-state index contributed by atoms with van der Waals surface area (Å²) in [7, 11) is -2.50. The third-order valence-corrected chi connectivity index (χ3v) is 5.70. The molecule has 1 aliphatic rings. The summed E-state index contributed by atoms with van der Waals surface area (Å²) >= 11 is 0. The van der Waals surface area contributed by atoms with E-state index in [0.29, 0.717) is 18.8 Å². The van der Waals surface area contributed by atoms with E-state index in [1.807, 2.05) is 4.72 Å². The third-order valence-electron chi connectivity index (χ3n) is 4.17. The Labute approximate surface area is 127 Å². The Morgan fingerprint density at radius 2 is 1.95 bits per heavy atom. The lowest BCUT2D eigenvalue weighted by Crippen LogP contribution is -2.59. The number of likely N-dealkylation sites (N-methyl/N-ethyl adjacent to an activating group) is 1. The number of amides is 1. The average Bonchev–Trinajstić information content (AvgIpc) is 2.37. The summed E-state index contributed by atoms with van der Waals surface area (Å²) in [4.78, 5) is 11.5. The van der Waals surface area contributed by atoms with Gasteiger partial charge in [-0.2, -0.15) is 12.7 Å². The molecular formula is C13H27N3O4S. The predicted octanol–water partition coefficient (Wildman–Crippen LogP) is 1.21. The Morgan fingerprint density at radius 1 is 1.43 bits per heavy atom. The molecule has 7 nitrogen and oxygen atoms in total. The Hall–Kier alpha value is -0.860. The number of carbonyl (C=O) groups is 1.